The monoisotopic (exact) mass is 425 g/mol. The van der Waals surface area contributed by atoms with Crippen molar-refractivity contribution in [1.29, 1.82) is 0 Å². The first-order chi connectivity index (χ1) is 13.0. The van der Waals surface area contributed by atoms with Gasteiger partial charge in [0.1, 0.15) is 0 Å². The van der Waals surface area contributed by atoms with E-state index in [9.17, 15) is 13.2 Å². The van der Waals surface area contributed by atoms with E-state index in [1.807, 2.05) is 32.4 Å². The minimum atomic E-state index is -4.19. The smallest absolute Gasteiger partial charge is 0.333 e. The van der Waals surface area contributed by atoms with E-state index in [1.54, 1.807) is 19.2 Å². The van der Waals surface area contributed by atoms with E-state index < -0.39 is 16.1 Å². The van der Waals surface area contributed by atoms with Crippen molar-refractivity contribution >= 4 is 39.0 Å². The highest BCUT2D eigenvalue weighted by atomic mass is 35.5. The molecule has 0 aliphatic heterocycles. The van der Waals surface area contributed by atoms with E-state index in [0.29, 0.717) is 16.4 Å². The lowest BCUT2D eigenvalue weighted by Crippen LogP contribution is -2.35. The van der Waals surface area contributed by atoms with Crippen molar-refractivity contribution in [2.24, 2.45) is 0 Å². The van der Waals surface area contributed by atoms with Gasteiger partial charge in [-0.2, -0.15) is 13.5 Å². The predicted octanol–water partition coefficient (Wildman–Crippen LogP) is 3.93. The summed E-state index contributed by atoms with van der Waals surface area (Å²) >= 11 is 6.22. The van der Waals surface area contributed by atoms with Crippen LogP contribution < -0.4 is 15.4 Å². The first-order valence-corrected chi connectivity index (χ1v) is 10.6. The number of halogens is 1. The molecule has 1 aromatic carbocycles. The lowest BCUT2D eigenvalue weighted by molar-refractivity contribution is 0.256. The van der Waals surface area contributed by atoms with Crippen molar-refractivity contribution in [3.63, 3.8) is 0 Å². The summed E-state index contributed by atoms with van der Waals surface area (Å²) in [6.07, 6.45) is 1.37. The number of hydrogen-bond acceptors (Lipinski definition) is 6. The van der Waals surface area contributed by atoms with Crippen LogP contribution in [0.15, 0.2) is 29.4 Å². The third kappa shape index (κ3) is 5.11. The molecule has 1 aromatic heterocycles. The Hall–Kier alpha value is -2.39. The number of carbonyl (C=O) groups is 1. The average Bonchev–Trinajstić information content (AvgIpc) is 2.62. The number of aromatic nitrogens is 2. The number of anilines is 2. The van der Waals surface area contributed by atoms with Gasteiger partial charge in [0.2, 0.25) is 0 Å². The number of hydrogen-bond donors (Lipinski definition) is 3. The second-order valence-corrected chi connectivity index (χ2v) is 8.93. The van der Waals surface area contributed by atoms with Gasteiger partial charge in [-0.05, 0) is 35.1 Å². The zero-order valence-corrected chi connectivity index (χ0v) is 17.9. The quantitative estimate of drug-likeness (QED) is 0.646. The second kappa shape index (κ2) is 8.74. The summed E-state index contributed by atoms with van der Waals surface area (Å²) in [7, 11) is -2.57. The molecule has 2 amide bonds. The van der Waals surface area contributed by atoms with Gasteiger partial charge in [0.25, 0.3) is 10.0 Å². The molecular formula is C18H24ClN5O3S. The maximum absolute atomic E-state index is 12.5. The first kappa shape index (κ1) is 21.9. The minimum absolute atomic E-state index is 0.0706. The summed E-state index contributed by atoms with van der Waals surface area (Å²) in [5.41, 5.74) is 2.65. The number of carbonyl (C=O) groups excluding carboxylic acids is 1. The Bertz CT molecular complexity index is 948. The van der Waals surface area contributed by atoms with Crippen molar-refractivity contribution in [2.75, 3.05) is 17.7 Å². The van der Waals surface area contributed by atoms with Crippen molar-refractivity contribution in [3.05, 3.63) is 40.5 Å². The van der Waals surface area contributed by atoms with Crippen LogP contribution in [0.4, 0.5) is 16.2 Å². The zero-order valence-electron chi connectivity index (χ0n) is 16.4. The summed E-state index contributed by atoms with van der Waals surface area (Å²) in [5, 5.41) is 12.8. The van der Waals surface area contributed by atoms with E-state index in [1.165, 1.54) is 12.3 Å². The molecule has 10 heteroatoms. The van der Waals surface area contributed by atoms with Crippen LogP contribution in [0, 0.1) is 0 Å². The lowest BCUT2D eigenvalue weighted by Gasteiger charge is -2.21. The summed E-state index contributed by atoms with van der Waals surface area (Å²) in [6, 6.07) is 3.93. The molecule has 0 saturated heterocycles. The van der Waals surface area contributed by atoms with Crippen LogP contribution >= 0.6 is 11.6 Å². The van der Waals surface area contributed by atoms with Crippen LogP contribution in [-0.2, 0) is 10.0 Å². The molecule has 2 aromatic rings. The summed E-state index contributed by atoms with van der Waals surface area (Å²) in [5.74, 6) is 0.141. The van der Waals surface area contributed by atoms with E-state index in [2.05, 4.69) is 20.8 Å². The molecule has 0 bridgehead atoms. The molecule has 3 N–H and O–H groups in total. The first-order valence-electron chi connectivity index (χ1n) is 8.72. The fraction of sp³-hybridized carbons (Fsp3) is 0.389. The highest BCUT2D eigenvalue weighted by Gasteiger charge is 2.23. The SMILES string of the molecule is CNc1cnnc(S(=O)(=O)NC(=O)Nc2c(C(C)C)cc(Cl)cc2C(C)C)c1. The van der Waals surface area contributed by atoms with Crippen molar-refractivity contribution < 1.29 is 13.2 Å². The average molecular weight is 426 g/mol. The van der Waals surface area contributed by atoms with Gasteiger partial charge >= 0.3 is 6.03 Å². The third-order valence-corrected chi connectivity index (χ3v) is 5.49. The van der Waals surface area contributed by atoms with E-state index in [0.717, 1.165) is 11.1 Å². The van der Waals surface area contributed by atoms with Gasteiger partial charge in [0.15, 0.2) is 5.03 Å². The van der Waals surface area contributed by atoms with Crippen LogP contribution in [0.3, 0.4) is 0 Å². The lowest BCUT2D eigenvalue weighted by atomic mass is 9.92. The van der Waals surface area contributed by atoms with Crippen molar-refractivity contribution in [2.45, 2.75) is 44.6 Å². The standard InChI is InChI=1S/C18H24ClN5O3S/c1-10(2)14-6-12(19)7-15(11(3)4)17(14)22-18(25)24-28(26,27)16-8-13(20-5)9-21-23-16/h6-11H,1-5H3,(H,20,23)(H2,22,24,25). The van der Waals surface area contributed by atoms with E-state index >= 15 is 0 Å². The van der Waals surface area contributed by atoms with Crippen LogP contribution in [0.25, 0.3) is 0 Å². The molecule has 0 spiro atoms. The van der Waals surface area contributed by atoms with Crippen LogP contribution in [-0.4, -0.2) is 31.7 Å². The molecule has 0 atom stereocenters. The molecular weight excluding hydrogens is 402 g/mol. The van der Waals surface area contributed by atoms with Gasteiger partial charge in [0, 0.05) is 23.8 Å². The van der Waals surface area contributed by atoms with Crippen LogP contribution in [0.5, 0.6) is 0 Å². The molecule has 0 radical (unpaired) electrons. The Morgan fingerprint density at radius 1 is 1.07 bits per heavy atom. The Morgan fingerprint density at radius 2 is 1.64 bits per heavy atom. The number of benzene rings is 1. The summed E-state index contributed by atoms with van der Waals surface area (Å²) < 4.78 is 26.9. The number of sulfonamides is 1. The Balaban J connectivity index is 2.34. The van der Waals surface area contributed by atoms with Crippen molar-refractivity contribution in [1.82, 2.24) is 14.9 Å². The van der Waals surface area contributed by atoms with Crippen molar-refractivity contribution in [3.8, 4) is 0 Å². The highest BCUT2D eigenvalue weighted by Crippen LogP contribution is 2.35. The molecule has 0 unspecified atom stereocenters. The van der Waals surface area contributed by atoms with Crippen LogP contribution in [0.2, 0.25) is 5.02 Å². The molecule has 1 heterocycles. The van der Waals surface area contributed by atoms with Gasteiger partial charge in [-0.3, -0.25) is 0 Å². The molecule has 8 nitrogen and oxygen atoms in total. The highest BCUT2D eigenvalue weighted by molar-refractivity contribution is 7.90. The number of rotatable bonds is 6. The normalized spacial score (nSPS) is 11.6. The fourth-order valence-corrected chi connectivity index (χ4v) is 3.70. The Kier molecular flexibility index (Phi) is 6.84. The maximum Gasteiger partial charge on any atom is 0.333 e. The van der Waals surface area contributed by atoms with Gasteiger partial charge in [-0.25, -0.2) is 9.52 Å². The van der Waals surface area contributed by atoms with Gasteiger partial charge < -0.3 is 10.6 Å². The summed E-state index contributed by atoms with van der Waals surface area (Å²) in [6.45, 7) is 7.87. The summed E-state index contributed by atoms with van der Waals surface area (Å²) in [4.78, 5) is 12.5. The molecule has 0 fully saturated rings. The fourth-order valence-electron chi connectivity index (χ4n) is 2.63. The maximum atomic E-state index is 12.5. The molecule has 152 valence electrons. The van der Waals surface area contributed by atoms with E-state index in [4.69, 9.17) is 11.6 Å². The van der Waals surface area contributed by atoms with Gasteiger partial charge in [-0.1, -0.05) is 39.3 Å². The number of nitrogens with one attached hydrogen (secondary N) is 3. The number of amides is 2. The van der Waals surface area contributed by atoms with Crippen LogP contribution in [0.1, 0.15) is 50.7 Å². The third-order valence-electron chi connectivity index (χ3n) is 4.07. The van der Waals surface area contributed by atoms with Gasteiger partial charge in [-0.15, -0.1) is 5.10 Å². The molecule has 2 rings (SSSR count). The minimum Gasteiger partial charge on any atom is -0.387 e. The Labute approximate surface area is 170 Å². The number of urea groups is 1. The largest absolute Gasteiger partial charge is 0.387 e. The van der Waals surface area contributed by atoms with Gasteiger partial charge in [0.05, 0.1) is 11.9 Å². The predicted molar refractivity (Wildman–Crippen MR) is 111 cm³/mol. The number of nitrogens with zero attached hydrogens (tertiary/aromatic N) is 2. The molecule has 28 heavy (non-hydrogen) atoms. The second-order valence-electron chi connectivity index (χ2n) is 6.86. The molecule has 0 aliphatic rings. The van der Waals surface area contributed by atoms with E-state index in [-0.39, 0.29) is 16.9 Å². The topological polar surface area (TPSA) is 113 Å². The molecule has 0 aliphatic carbocycles. The zero-order chi connectivity index (χ0) is 21.1. The molecule has 0 saturated carbocycles. The Morgan fingerprint density at radius 3 is 2.14 bits per heavy atom.